The van der Waals surface area contributed by atoms with Crippen LogP contribution in [0.4, 0.5) is 0 Å². The van der Waals surface area contributed by atoms with Crippen LogP contribution in [0.2, 0.25) is 5.02 Å². The molecule has 0 bridgehead atoms. The Morgan fingerprint density at radius 3 is 2.69 bits per heavy atom. The summed E-state index contributed by atoms with van der Waals surface area (Å²) in [6, 6.07) is 5.23. The zero-order chi connectivity index (χ0) is 10.0. The molecule has 0 saturated carbocycles. The Bertz CT molecular complexity index is 336. The number of carbonyl (C=O) groups is 1. The summed E-state index contributed by atoms with van der Waals surface area (Å²) < 4.78 is 0.855. The molecule has 13 heavy (non-hydrogen) atoms. The fourth-order valence-electron chi connectivity index (χ4n) is 0.901. The lowest BCUT2D eigenvalue weighted by Crippen LogP contribution is -2.10. The van der Waals surface area contributed by atoms with E-state index in [2.05, 4.69) is 31.9 Å². The van der Waals surface area contributed by atoms with Crippen molar-refractivity contribution in [2.45, 2.75) is 11.8 Å². The number of carbonyl (C=O) groups excluding carboxylic acids is 1. The molecule has 1 aromatic carbocycles. The number of benzene rings is 1. The molecule has 1 aromatic rings. The van der Waals surface area contributed by atoms with Gasteiger partial charge in [-0.25, -0.2) is 0 Å². The molecule has 0 aliphatic carbocycles. The molecule has 0 fully saturated rings. The van der Waals surface area contributed by atoms with Crippen molar-refractivity contribution in [2.75, 3.05) is 0 Å². The predicted molar refractivity (Wildman–Crippen MR) is 61.9 cm³/mol. The number of hydrogen-bond acceptors (Lipinski definition) is 1. The Balaban J connectivity index is 3.13. The number of ketones is 1. The molecule has 0 amide bonds. The van der Waals surface area contributed by atoms with E-state index < -0.39 is 0 Å². The topological polar surface area (TPSA) is 17.1 Å². The Labute approximate surface area is 98.7 Å². The van der Waals surface area contributed by atoms with E-state index in [1.54, 1.807) is 25.1 Å². The van der Waals surface area contributed by atoms with Gasteiger partial charge in [0.05, 0.1) is 9.85 Å². The van der Waals surface area contributed by atoms with Gasteiger partial charge in [-0.05, 0) is 25.1 Å². The molecule has 1 nitrogen and oxygen atoms in total. The zero-order valence-corrected chi connectivity index (χ0v) is 10.8. The lowest BCUT2D eigenvalue weighted by molar-refractivity contribution is 0.0996. The average molecular weight is 326 g/mol. The molecule has 0 aliphatic heterocycles. The molecule has 70 valence electrons. The largest absolute Gasteiger partial charge is 0.293 e. The zero-order valence-electron chi connectivity index (χ0n) is 6.85. The van der Waals surface area contributed by atoms with Crippen LogP contribution < -0.4 is 0 Å². The molecule has 0 aliphatic rings. The van der Waals surface area contributed by atoms with Gasteiger partial charge >= 0.3 is 0 Å². The van der Waals surface area contributed by atoms with Crippen molar-refractivity contribution < 1.29 is 4.79 Å². The minimum Gasteiger partial charge on any atom is -0.293 e. The van der Waals surface area contributed by atoms with Crippen LogP contribution in [0.1, 0.15) is 17.3 Å². The van der Waals surface area contributed by atoms with Gasteiger partial charge in [-0.3, -0.25) is 4.79 Å². The minimum atomic E-state index is -0.209. The summed E-state index contributed by atoms with van der Waals surface area (Å²) in [5.41, 5.74) is 0.542. The van der Waals surface area contributed by atoms with Crippen molar-refractivity contribution in [1.82, 2.24) is 0 Å². The highest BCUT2D eigenvalue weighted by Gasteiger charge is 2.15. The average Bonchev–Trinajstić information content (AvgIpc) is 2.08. The maximum absolute atomic E-state index is 11.6. The molecule has 1 unspecified atom stereocenters. The van der Waals surface area contributed by atoms with E-state index >= 15 is 0 Å². The van der Waals surface area contributed by atoms with Gasteiger partial charge in [-0.2, -0.15) is 0 Å². The van der Waals surface area contributed by atoms with Crippen LogP contribution in [-0.4, -0.2) is 10.6 Å². The number of rotatable bonds is 2. The second-order valence-electron chi connectivity index (χ2n) is 2.60. The molecular formula is C9H7Br2ClO. The fraction of sp³-hybridized carbons (Fsp3) is 0.222. The van der Waals surface area contributed by atoms with Crippen LogP contribution in [-0.2, 0) is 0 Å². The van der Waals surface area contributed by atoms with E-state index in [4.69, 9.17) is 11.6 Å². The highest BCUT2D eigenvalue weighted by molar-refractivity contribution is 9.10. The highest BCUT2D eigenvalue weighted by atomic mass is 79.9. The third-order valence-electron chi connectivity index (χ3n) is 1.56. The van der Waals surface area contributed by atoms with Crippen LogP contribution >= 0.6 is 43.5 Å². The van der Waals surface area contributed by atoms with E-state index in [-0.39, 0.29) is 10.6 Å². The lowest BCUT2D eigenvalue weighted by atomic mass is 10.1. The van der Waals surface area contributed by atoms with Gasteiger partial charge in [-0.15, -0.1) is 0 Å². The Morgan fingerprint density at radius 2 is 2.15 bits per heavy atom. The molecule has 1 rings (SSSR count). The SMILES string of the molecule is CC(Br)C(=O)c1cc(Br)ccc1Cl. The van der Waals surface area contributed by atoms with Gasteiger partial charge in [0.1, 0.15) is 0 Å². The van der Waals surface area contributed by atoms with Gasteiger partial charge in [0.25, 0.3) is 0 Å². The van der Waals surface area contributed by atoms with Crippen molar-refractivity contribution in [1.29, 1.82) is 0 Å². The molecule has 0 spiro atoms. The van der Waals surface area contributed by atoms with Crippen LogP contribution in [0.3, 0.4) is 0 Å². The summed E-state index contributed by atoms with van der Waals surface area (Å²) in [6.45, 7) is 1.78. The van der Waals surface area contributed by atoms with E-state index in [0.29, 0.717) is 10.6 Å². The third-order valence-corrected chi connectivity index (χ3v) is 2.79. The summed E-state index contributed by atoms with van der Waals surface area (Å²) in [4.78, 5) is 11.4. The monoisotopic (exact) mass is 324 g/mol. The summed E-state index contributed by atoms with van der Waals surface area (Å²) in [7, 11) is 0. The van der Waals surface area contributed by atoms with Crippen LogP contribution in [0.5, 0.6) is 0 Å². The first-order valence-electron chi connectivity index (χ1n) is 3.65. The summed E-state index contributed by atoms with van der Waals surface area (Å²) >= 11 is 12.4. The van der Waals surface area contributed by atoms with Crippen LogP contribution in [0.25, 0.3) is 0 Å². The first-order chi connectivity index (χ1) is 6.02. The normalized spacial score (nSPS) is 12.6. The van der Waals surface area contributed by atoms with Gasteiger partial charge in [0, 0.05) is 10.0 Å². The third kappa shape index (κ3) is 2.79. The van der Waals surface area contributed by atoms with Gasteiger partial charge in [-0.1, -0.05) is 43.5 Å². The predicted octanol–water partition coefficient (Wildman–Crippen LogP) is 4.07. The van der Waals surface area contributed by atoms with Crippen molar-refractivity contribution in [2.24, 2.45) is 0 Å². The van der Waals surface area contributed by atoms with Gasteiger partial charge in [0.15, 0.2) is 5.78 Å². The molecule has 0 heterocycles. The summed E-state index contributed by atoms with van der Waals surface area (Å²) in [6.07, 6.45) is 0. The summed E-state index contributed by atoms with van der Waals surface area (Å²) in [5, 5.41) is 0.486. The number of halogens is 3. The number of Topliss-reactive ketones (excluding diaryl/α,β-unsaturated/α-hetero) is 1. The van der Waals surface area contributed by atoms with E-state index in [1.807, 2.05) is 0 Å². The minimum absolute atomic E-state index is 0.00806. The van der Waals surface area contributed by atoms with E-state index in [9.17, 15) is 4.79 Å². The van der Waals surface area contributed by atoms with Crippen molar-refractivity contribution in [3.05, 3.63) is 33.3 Å². The smallest absolute Gasteiger partial charge is 0.177 e. The number of hydrogen-bond donors (Lipinski definition) is 0. The van der Waals surface area contributed by atoms with Crippen molar-refractivity contribution >= 4 is 49.2 Å². The second-order valence-corrected chi connectivity index (χ2v) is 5.30. The quantitative estimate of drug-likeness (QED) is 0.591. The van der Waals surface area contributed by atoms with Crippen molar-refractivity contribution in [3.63, 3.8) is 0 Å². The standard InChI is InChI=1S/C9H7Br2ClO/c1-5(10)9(13)7-4-6(11)2-3-8(7)12/h2-5H,1H3. The van der Waals surface area contributed by atoms with Crippen LogP contribution in [0.15, 0.2) is 22.7 Å². The first kappa shape index (κ1) is 11.2. The molecule has 1 atom stereocenters. The molecule has 0 N–H and O–H groups in total. The van der Waals surface area contributed by atoms with Gasteiger partial charge in [0.2, 0.25) is 0 Å². The molecule has 4 heteroatoms. The highest BCUT2D eigenvalue weighted by Crippen LogP contribution is 2.23. The van der Waals surface area contributed by atoms with E-state index in [1.165, 1.54) is 0 Å². The molecule has 0 radical (unpaired) electrons. The lowest BCUT2D eigenvalue weighted by Gasteiger charge is -2.05. The second kappa shape index (κ2) is 4.58. The van der Waals surface area contributed by atoms with E-state index in [0.717, 1.165) is 4.47 Å². The molecular weight excluding hydrogens is 319 g/mol. The first-order valence-corrected chi connectivity index (χ1v) is 5.74. The Morgan fingerprint density at radius 1 is 1.54 bits per heavy atom. The summed E-state index contributed by atoms with van der Waals surface area (Å²) in [5.74, 6) is -0.00806. The van der Waals surface area contributed by atoms with Gasteiger partial charge < -0.3 is 0 Å². The van der Waals surface area contributed by atoms with Crippen LogP contribution in [0, 0.1) is 0 Å². The maximum Gasteiger partial charge on any atom is 0.177 e. The molecule has 0 saturated heterocycles. The fourth-order valence-corrected chi connectivity index (χ4v) is 1.72. The molecule has 0 aromatic heterocycles. The van der Waals surface area contributed by atoms with Crippen molar-refractivity contribution in [3.8, 4) is 0 Å². The Hall–Kier alpha value is 0.140. The Kier molecular flexibility index (Phi) is 3.95. The maximum atomic E-state index is 11.6. The number of alkyl halides is 1.